The van der Waals surface area contributed by atoms with Crippen LogP contribution in [0.25, 0.3) is 0 Å². The van der Waals surface area contributed by atoms with Gasteiger partial charge in [-0.25, -0.2) is 0 Å². The van der Waals surface area contributed by atoms with Gasteiger partial charge in [-0.05, 0) is 12.5 Å². The monoisotopic (exact) mass is 276 g/mol. The number of aryl methyl sites for hydroxylation is 1. The van der Waals surface area contributed by atoms with Crippen molar-refractivity contribution in [3.05, 3.63) is 35.4 Å². The standard InChI is InChI=1S/C15H20N2OS/c1-11-2-4-12(5-3-11)14-10-19-7-6-17(14)15(18)13-8-16-9-13/h2-5,13-14,16H,6-10H2,1H3. The Labute approximate surface area is 118 Å². The van der Waals surface area contributed by atoms with Gasteiger partial charge in [-0.1, -0.05) is 29.8 Å². The Morgan fingerprint density at radius 2 is 2.05 bits per heavy atom. The maximum absolute atomic E-state index is 12.5. The summed E-state index contributed by atoms with van der Waals surface area (Å²) in [7, 11) is 0. The zero-order valence-corrected chi connectivity index (χ0v) is 12.1. The topological polar surface area (TPSA) is 32.3 Å². The zero-order valence-electron chi connectivity index (χ0n) is 11.3. The highest BCUT2D eigenvalue weighted by atomic mass is 32.2. The summed E-state index contributed by atoms with van der Waals surface area (Å²) in [6.07, 6.45) is 0. The molecule has 1 unspecified atom stereocenters. The Balaban J connectivity index is 1.80. The second kappa shape index (κ2) is 5.55. The molecule has 2 heterocycles. The number of carbonyl (C=O) groups is 1. The molecule has 2 saturated heterocycles. The summed E-state index contributed by atoms with van der Waals surface area (Å²) in [6, 6.07) is 8.88. The molecule has 1 aromatic rings. The van der Waals surface area contributed by atoms with Crippen molar-refractivity contribution in [3.8, 4) is 0 Å². The molecule has 2 aliphatic rings. The Hall–Kier alpha value is -1.00. The van der Waals surface area contributed by atoms with Gasteiger partial charge < -0.3 is 10.2 Å². The molecule has 0 radical (unpaired) electrons. The lowest BCUT2D eigenvalue weighted by molar-refractivity contribution is -0.139. The van der Waals surface area contributed by atoms with E-state index >= 15 is 0 Å². The minimum absolute atomic E-state index is 0.205. The second-order valence-corrected chi connectivity index (χ2v) is 6.54. The lowest BCUT2D eigenvalue weighted by Crippen LogP contribution is -2.54. The molecule has 3 rings (SSSR count). The number of carbonyl (C=O) groups excluding carboxylic acids is 1. The fourth-order valence-corrected chi connectivity index (χ4v) is 3.72. The maximum atomic E-state index is 12.5. The molecule has 19 heavy (non-hydrogen) atoms. The van der Waals surface area contributed by atoms with Gasteiger partial charge in [0, 0.05) is 31.1 Å². The summed E-state index contributed by atoms with van der Waals surface area (Å²) in [5, 5.41) is 3.19. The summed E-state index contributed by atoms with van der Waals surface area (Å²) in [5.41, 5.74) is 2.55. The summed E-state index contributed by atoms with van der Waals surface area (Å²) in [6.45, 7) is 4.69. The first kappa shape index (κ1) is 13.0. The number of rotatable bonds is 2. The van der Waals surface area contributed by atoms with Crippen LogP contribution in [0.1, 0.15) is 17.2 Å². The van der Waals surface area contributed by atoms with Crippen LogP contribution < -0.4 is 5.32 Å². The van der Waals surface area contributed by atoms with Crippen LogP contribution in [0, 0.1) is 12.8 Å². The van der Waals surface area contributed by atoms with Gasteiger partial charge in [0.05, 0.1) is 12.0 Å². The summed E-state index contributed by atoms with van der Waals surface area (Å²) in [5.74, 6) is 2.63. The molecule has 2 aliphatic heterocycles. The molecule has 1 N–H and O–H groups in total. The van der Waals surface area contributed by atoms with Gasteiger partial charge in [0.2, 0.25) is 5.91 Å². The molecule has 3 nitrogen and oxygen atoms in total. The Kier molecular flexibility index (Phi) is 3.80. The van der Waals surface area contributed by atoms with Crippen molar-refractivity contribution in [3.63, 3.8) is 0 Å². The Bertz CT molecular complexity index is 456. The number of benzene rings is 1. The van der Waals surface area contributed by atoms with Crippen molar-refractivity contribution < 1.29 is 4.79 Å². The molecule has 0 aromatic heterocycles. The molecule has 102 valence electrons. The third-order valence-electron chi connectivity index (χ3n) is 4.00. The average Bonchev–Trinajstić information content (AvgIpc) is 2.37. The Morgan fingerprint density at radius 3 is 2.68 bits per heavy atom. The first-order valence-electron chi connectivity index (χ1n) is 6.91. The highest BCUT2D eigenvalue weighted by Crippen LogP contribution is 2.31. The van der Waals surface area contributed by atoms with Crippen LogP contribution >= 0.6 is 11.8 Å². The van der Waals surface area contributed by atoms with Gasteiger partial charge in [-0.3, -0.25) is 4.79 Å². The quantitative estimate of drug-likeness (QED) is 0.894. The van der Waals surface area contributed by atoms with E-state index in [2.05, 4.69) is 41.4 Å². The molecule has 4 heteroatoms. The SMILES string of the molecule is Cc1ccc(C2CSCCN2C(=O)C2CNC2)cc1. The van der Waals surface area contributed by atoms with Crippen LogP contribution in [0.2, 0.25) is 0 Å². The molecule has 0 bridgehead atoms. The Morgan fingerprint density at radius 1 is 1.32 bits per heavy atom. The normalized spacial score (nSPS) is 24.1. The average molecular weight is 276 g/mol. The first-order valence-corrected chi connectivity index (χ1v) is 8.06. The van der Waals surface area contributed by atoms with E-state index in [-0.39, 0.29) is 12.0 Å². The van der Waals surface area contributed by atoms with E-state index in [1.165, 1.54) is 11.1 Å². The smallest absolute Gasteiger partial charge is 0.228 e. The van der Waals surface area contributed by atoms with Crippen LogP contribution in [0.4, 0.5) is 0 Å². The van der Waals surface area contributed by atoms with E-state index in [1.807, 2.05) is 11.8 Å². The number of thioether (sulfide) groups is 1. The highest BCUT2D eigenvalue weighted by Gasteiger charge is 2.34. The van der Waals surface area contributed by atoms with Crippen LogP contribution in [0.15, 0.2) is 24.3 Å². The highest BCUT2D eigenvalue weighted by molar-refractivity contribution is 7.99. The van der Waals surface area contributed by atoms with E-state index in [9.17, 15) is 4.79 Å². The molecule has 0 aliphatic carbocycles. The molecule has 0 spiro atoms. The van der Waals surface area contributed by atoms with Crippen molar-refractivity contribution in [2.24, 2.45) is 5.92 Å². The van der Waals surface area contributed by atoms with E-state index in [4.69, 9.17) is 0 Å². The van der Waals surface area contributed by atoms with Gasteiger partial charge in [-0.15, -0.1) is 0 Å². The van der Waals surface area contributed by atoms with Crippen molar-refractivity contribution in [2.75, 3.05) is 31.1 Å². The summed E-state index contributed by atoms with van der Waals surface area (Å²) >= 11 is 1.95. The molecule has 2 fully saturated rings. The second-order valence-electron chi connectivity index (χ2n) is 5.39. The number of hydrogen-bond acceptors (Lipinski definition) is 3. The van der Waals surface area contributed by atoms with Crippen LogP contribution in [0.3, 0.4) is 0 Å². The van der Waals surface area contributed by atoms with Crippen LogP contribution in [0.5, 0.6) is 0 Å². The number of nitrogens with one attached hydrogen (secondary N) is 1. The predicted molar refractivity (Wildman–Crippen MR) is 79.3 cm³/mol. The van der Waals surface area contributed by atoms with Gasteiger partial charge in [0.15, 0.2) is 0 Å². The van der Waals surface area contributed by atoms with Crippen molar-refractivity contribution in [1.82, 2.24) is 10.2 Å². The number of nitrogens with zero attached hydrogens (tertiary/aromatic N) is 1. The van der Waals surface area contributed by atoms with Gasteiger partial charge >= 0.3 is 0 Å². The first-order chi connectivity index (χ1) is 9.25. The van der Waals surface area contributed by atoms with Gasteiger partial charge in [0.1, 0.15) is 0 Å². The van der Waals surface area contributed by atoms with Crippen molar-refractivity contribution >= 4 is 17.7 Å². The lowest BCUT2D eigenvalue weighted by atomic mass is 9.98. The summed E-state index contributed by atoms with van der Waals surface area (Å²) in [4.78, 5) is 14.6. The fraction of sp³-hybridized carbons (Fsp3) is 0.533. The number of hydrogen-bond donors (Lipinski definition) is 1. The number of amides is 1. The van der Waals surface area contributed by atoms with Crippen LogP contribution in [-0.4, -0.2) is 41.9 Å². The predicted octanol–water partition coefficient (Wildman–Crippen LogP) is 1.83. The molecular weight excluding hydrogens is 256 g/mol. The zero-order chi connectivity index (χ0) is 13.2. The minimum Gasteiger partial charge on any atom is -0.334 e. The molecule has 1 atom stereocenters. The van der Waals surface area contributed by atoms with Crippen molar-refractivity contribution in [1.29, 1.82) is 0 Å². The van der Waals surface area contributed by atoms with E-state index in [0.717, 1.165) is 31.1 Å². The third-order valence-corrected chi connectivity index (χ3v) is 5.03. The van der Waals surface area contributed by atoms with Gasteiger partial charge in [0.25, 0.3) is 0 Å². The fourth-order valence-electron chi connectivity index (χ4n) is 2.63. The molecular formula is C15H20N2OS. The minimum atomic E-state index is 0.205. The van der Waals surface area contributed by atoms with E-state index in [1.54, 1.807) is 0 Å². The third kappa shape index (κ3) is 2.65. The van der Waals surface area contributed by atoms with E-state index < -0.39 is 0 Å². The maximum Gasteiger partial charge on any atom is 0.228 e. The lowest BCUT2D eigenvalue weighted by Gasteiger charge is -2.40. The molecule has 1 amide bonds. The molecule has 0 saturated carbocycles. The van der Waals surface area contributed by atoms with Crippen LogP contribution in [-0.2, 0) is 4.79 Å². The van der Waals surface area contributed by atoms with Gasteiger partial charge in [-0.2, -0.15) is 11.8 Å². The molecule has 1 aromatic carbocycles. The van der Waals surface area contributed by atoms with Crippen molar-refractivity contribution in [2.45, 2.75) is 13.0 Å². The summed E-state index contributed by atoms with van der Waals surface area (Å²) < 4.78 is 0. The van der Waals surface area contributed by atoms with E-state index in [0.29, 0.717) is 5.91 Å². The largest absolute Gasteiger partial charge is 0.334 e.